The van der Waals surface area contributed by atoms with E-state index in [0.29, 0.717) is 17.8 Å². The summed E-state index contributed by atoms with van der Waals surface area (Å²) in [5.41, 5.74) is 2.72. The fourth-order valence-corrected chi connectivity index (χ4v) is 3.63. The van der Waals surface area contributed by atoms with E-state index in [9.17, 15) is 14.4 Å². The molecule has 0 aromatic heterocycles. The Morgan fingerprint density at radius 3 is 2.23 bits per heavy atom. The van der Waals surface area contributed by atoms with Gasteiger partial charge in [0.05, 0.1) is 0 Å². The Balaban J connectivity index is 2.35. The summed E-state index contributed by atoms with van der Waals surface area (Å²) in [6, 6.07) is 14.3. The first-order valence-electron chi connectivity index (χ1n) is 12.2. The molecule has 0 aliphatic carbocycles. The zero-order valence-corrected chi connectivity index (χ0v) is 21.8. The maximum Gasteiger partial charge on any atom is 0.408 e. The number of benzene rings is 2. The van der Waals surface area contributed by atoms with Crippen LogP contribution in [-0.2, 0) is 14.3 Å². The molecule has 7 nitrogen and oxygen atoms in total. The Kier molecular flexibility index (Phi) is 10.3. The van der Waals surface area contributed by atoms with Gasteiger partial charge in [-0.3, -0.25) is 9.59 Å². The molecule has 0 fully saturated rings. The molecular formula is C28H39N3O4. The predicted octanol–water partition coefficient (Wildman–Crippen LogP) is 5.53. The molecule has 7 heteroatoms. The Hall–Kier alpha value is -3.35. The van der Waals surface area contributed by atoms with Crippen LogP contribution in [0.5, 0.6) is 0 Å². The minimum absolute atomic E-state index is 0.263. The van der Waals surface area contributed by atoms with Crippen molar-refractivity contribution in [2.24, 2.45) is 0 Å². The van der Waals surface area contributed by atoms with Crippen LogP contribution in [0.3, 0.4) is 0 Å². The summed E-state index contributed by atoms with van der Waals surface area (Å²) in [4.78, 5) is 40.7. The largest absolute Gasteiger partial charge is 0.444 e. The monoisotopic (exact) mass is 481 g/mol. The number of rotatable bonds is 10. The molecule has 0 aliphatic rings. The van der Waals surface area contributed by atoms with Gasteiger partial charge in [-0.2, -0.15) is 0 Å². The lowest BCUT2D eigenvalue weighted by atomic mass is 10.0. The highest BCUT2D eigenvalue weighted by atomic mass is 16.6. The molecule has 35 heavy (non-hydrogen) atoms. The number of anilines is 1. The number of alkyl carbamates (subject to hydrolysis) is 1. The summed E-state index contributed by atoms with van der Waals surface area (Å²) in [6.07, 6.45) is 1.97. The SMILES string of the molecule is CCCCCN(C(=O)CNC(=O)OC(C)(C)C)C(C(=O)Nc1ccccc1C)c1ccc(C)cc1. The normalized spacial score (nSPS) is 11.9. The van der Waals surface area contributed by atoms with E-state index in [1.807, 2.05) is 62.4 Å². The first-order valence-corrected chi connectivity index (χ1v) is 12.2. The third-order valence-electron chi connectivity index (χ3n) is 5.46. The maximum absolute atomic E-state index is 13.6. The number of para-hydroxylation sites is 1. The minimum Gasteiger partial charge on any atom is -0.444 e. The van der Waals surface area contributed by atoms with Crippen molar-refractivity contribution in [1.82, 2.24) is 10.2 Å². The molecule has 2 aromatic carbocycles. The van der Waals surface area contributed by atoms with Crippen molar-refractivity contribution >= 4 is 23.6 Å². The molecule has 2 rings (SSSR count). The van der Waals surface area contributed by atoms with Crippen molar-refractivity contribution in [2.45, 2.75) is 72.4 Å². The van der Waals surface area contributed by atoms with Crippen LogP contribution in [0, 0.1) is 13.8 Å². The highest BCUT2D eigenvalue weighted by Gasteiger charge is 2.32. The minimum atomic E-state index is -0.847. The number of unbranched alkanes of at least 4 members (excludes halogenated alkanes) is 2. The van der Waals surface area contributed by atoms with Crippen molar-refractivity contribution < 1.29 is 19.1 Å². The van der Waals surface area contributed by atoms with Crippen LogP contribution in [0.1, 0.15) is 69.7 Å². The average molecular weight is 482 g/mol. The second kappa shape index (κ2) is 12.9. The van der Waals surface area contributed by atoms with Gasteiger partial charge in [0.25, 0.3) is 5.91 Å². The van der Waals surface area contributed by atoms with Crippen LogP contribution in [0.15, 0.2) is 48.5 Å². The number of nitrogens with zero attached hydrogens (tertiary/aromatic N) is 1. The van der Waals surface area contributed by atoms with E-state index in [0.717, 1.165) is 30.4 Å². The summed E-state index contributed by atoms with van der Waals surface area (Å²) >= 11 is 0. The number of aryl methyl sites for hydroxylation is 2. The molecule has 0 heterocycles. The third kappa shape index (κ3) is 9.08. The number of hydrogen-bond donors (Lipinski definition) is 2. The van der Waals surface area contributed by atoms with E-state index in [4.69, 9.17) is 4.74 Å². The Bertz CT molecular complexity index is 996. The van der Waals surface area contributed by atoms with Gasteiger partial charge in [0, 0.05) is 12.2 Å². The van der Waals surface area contributed by atoms with Gasteiger partial charge in [0.1, 0.15) is 18.2 Å². The van der Waals surface area contributed by atoms with E-state index in [1.165, 1.54) is 0 Å². The number of carbonyl (C=O) groups is 3. The van der Waals surface area contributed by atoms with E-state index in [2.05, 4.69) is 17.6 Å². The zero-order valence-electron chi connectivity index (χ0n) is 21.8. The summed E-state index contributed by atoms with van der Waals surface area (Å²) in [5.74, 6) is -0.650. The van der Waals surface area contributed by atoms with Crippen molar-refractivity contribution in [3.05, 3.63) is 65.2 Å². The van der Waals surface area contributed by atoms with Crippen LogP contribution < -0.4 is 10.6 Å². The third-order valence-corrected chi connectivity index (χ3v) is 5.46. The summed E-state index contributed by atoms with van der Waals surface area (Å²) < 4.78 is 5.26. The van der Waals surface area contributed by atoms with Crippen molar-refractivity contribution in [3.63, 3.8) is 0 Å². The fourth-order valence-electron chi connectivity index (χ4n) is 3.63. The molecule has 2 aromatic rings. The van der Waals surface area contributed by atoms with Crippen LogP contribution in [0.2, 0.25) is 0 Å². The number of nitrogens with one attached hydrogen (secondary N) is 2. The van der Waals surface area contributed by atoms with Gasteiger partial charge in [0.2, 0.25) is 5.91 Å². The highest BCUT2D eigenvalue weighted by molar-refractivity contribution is 5.98. The fraction of sp³-hybridized carbons (Fsp3) is 0.464. The first-order chi connectivity index (χ1) is 16.5. The highest BCUT2D eigenvalue weighted by Crippen LogP contribution is 2.25. The molecule has 190 valence electrons. The Labute approximate surface area is 209 Å². The second-order valence-corrected chi connectivity index (χ2v) is 9.77. The summed E-state index contributed by atoms with van der Waals surface area (Å²) in [5, 5.41) is 5.54. The molecule has 0 spiro atoms. The standard InChI is InChI=1S/C28H39N3O4/c1-7-8-11-18-31(24(32)19-29-27(34)35-28(4,5)6)25(22-16-14-20(2)15-17-22)26(33)30-23-13-10-9-12-21(23)3/h9-10,12-17,25H,7-8,11,18-19H2,1-6H3,(H,29,34)(H,30,33). The lowest BCUT2D eigenvalue weighted by molar-refractivity contribution is -0.138. The molecule has 0 aliphatic heterocycles. The van der Waals surface area contributed by atoms with Gasteiger partial charge in [0.15, 0.2) is 0 Å². The second-order valence-electron chi connectivity index (χ2n) is 9.77. The van der Waals surface area contributed by atoms with Crippen molar-refractivity contribution in [2.75, 3.05) is 18.4 Å². The quantitative estimate of drug-likeness (QED) is 0.437. The molecule has 0 bridgehead atoms. The maximum atomic E-state index is 13.6. The van der Waals surface area contributed by atoms with Gasteiger partial charge < -0.3 is 20.3 Å². The first kappa shape index (κ1) is 27.9. The molecule has 1 atom stereocenters. The lowest BCUT2D eigenvalue weighted by Crippen LogP contribution is -2.47. The lowest BCUT2D eigenvalue weighted by Gasteiger charge is -2.32. The van der Waals surface area contributed by atoms with Crippen molar-refractivity contribution in [1.29, 1.82) is 0 Å². The Morgan fingerprint density at radius 2 is 1.63 bits per heavy atom. The topological polar surface area (TPSA) is 87.7 Å². The van der Waals surface area contributed by atoms with Crippen LogP contribution in [0.4, 0.5) is 10.5 Å². The van der Waals surface area contributed by atoms with E-state index in [-0.39, 0.29) is 18.4 Å². The molecular weight excluding hydrogens is 442 g/mol. The summed E-state index contributed by atoms with van der Waals surface area (Å²) in [6.45, 7) is 11.4. The molecule has 0 saturated heterocycles. The molecule has 0 saturated carbocycles. The molecule has 1 unspecified atom stereocenters. The average Bonchev–Trinajstić information content (AvgIpc) is 2.78. The van der Waals surface area contributed by atoms with Crippen LogP contribution >= 0.6 is 0 Å². The number of hydrogen-bond acceptors (Lipinski definition) is 4. The zero-order chi connectivity index (χ0) is 26.0. The van der Waals surface area contributed by atoms with Crippen LogP contribution in [-0.4, -0.2) is 41.5 Å². The van der Waals surface area contributed by atoms with Gasteiger partial charge in [-0.05, 0) is 58.2 Å². The van der Waals surface area contributed by atoms with Crippen LogP contribution in [0.25, 0.3) is 0 Å². The van der Waals surface area contributed by atoms with E-state index in [1.54, 1.807) is 25.7 Å². The van der Waals surface area contributed by atoms with E-state index >= 15 is 0 Å². The van der Waals surface area contributed by atoms with Gasteiger partial charge in [-0.1, -0.05) is 67.8 Å². The summed E-state index contributed by atoms with van der Waals surface area (Å²) in [7, 11) is 0. The van der Waals surface area contributed by atoms with Gasteiger partial charge in [-0.25, -0.2) is 4.79 Å². The number of amides is 3. The predicted molar refractivity (Wildman–Crippen MR) is 139 cm³/mol. The van der Waals surface area contributed by atoms with Gasteiger partial charge in [-0.15, -0.1) is 0 Å². The molecule has 2 N–H and O–H groups in total. The van der Waals surface area contributed by atoms with Gasteiger partial charge >= 0.3 is 6.09 Å². The molecule has 3 amide bonds. The Morgan fingerprint density at radius 1 is 0.971 bits per heavy atom. The van der Waals surface area contributed by atoms with E-state index < -0.39 is 17.7 Å². The number of ether oxygens (including phenoxy) is 1. The van der Waals surface area contributed by atoms with Crippen molar-refractivity contribution in [3.8, 4) is 0 Å². The smallest absolute Gasteiger partial charge is 0.408 e. The number of carbonyl (C=O) groups excluding carboxylic acids is 3. The molecule has 0 radical (unpaired) electrons.